The molecule has 2 unspecified atom stereocenters. The maximum Gasteiger partial charge on any atom is 1.00 e. The van der Waals surface area contributed by atoms with Gasteiger partial charge in [0.05, 0.1) is 41.1 Å². The van der Waals surface area contributed by atoms with Crippen LogP contribution in [0.3, 0.4) is 0 Å². The Morgan fingerprint density at radius 1 is 0.676 bits per heavy atom. The molecule has 390 valence electrons. The number of Topliss-reactive ketones (excluding diaryl/α,β-unsaturated/α-hetero) is 1. The molecule has 0 saturated carbocycles. The van der Waals surface area contributed by atoms with Crippen LogP contribution in [0.2, 0.25) is 15.1 Å². The number of aryl methyl sites for hydroxylation is 3. The largest absolute Gasteiger partial charge is 1.00 e. The van der Waals surface area contributed by atoms with E-state index >= 15 is 0 Å². The molecule has 0 spiro atoms. The van der Waals surface area contributed by atoms with Crippen LogP contribution in [-0.4, -0.2) is 48.7 Å². The van der Waals surface area contributed by atoms with E-state index in [2.05, 4.69) is 42.8 Å². The van der Waals surface area contributed by atoms with Gasteiger partial charge >= 0.3 is 18.9 Å². The Balaban J connectivity index is -0.000000848. The van der Waals surface area contributed by atoms with Crippen molar-refractivity contribution in [3.8, 4) is 0 Å². The maximum absolute atomic E-state index is 11.0. The quantitative estimate of drug-likeness (QED) is 0.0637. The van der Waals surface area contributed by atoms with Crippen molar-refractivity contribution in [2.24, 2.45) is 0 Å². The predicted octanol–water partition coefficient (Wildman–Crippen LogP) is 15.0. The summed E-state index contributed by atoms with van der Waals surface area (Å²) in [6.07, 6.45) is 2.65. The zero-order valence-corrected chi connectivity index (χ0v) is 44.7. The molecule has 3 aromatic carbocycles. The van der Waals surface area contributed by atoms with E-state index in [1.807, 2.05) is 38.1 Å². The Kier molecular flexibility index (Phi) is 36.2. The summed E-state index contributed by atoms with van der Waals surface area (Å²) in [7, 11) is 0. The molecule has 2 saturated heterocycles. The number of unbranched alkanes of at least 4 members (excludes halogenated alkanes) is 1. The van der Waals surface area contributed by atoms with E-state index in [1.165, 1.54) is 29.6 Å². The molecule has 8 rings (SSSR count). The van der Waals surface area contributed by atoms with Crippen LogP contribution in [0.4, 0.5) is 0 Å². The third kappa shape index (κ3) is 21.5. The zero-order chi connectivity index (χ0) is 47.9. The second-order valence-electron chi connectivity index (χ2n) is 15.1. The number of ketones is 1. The summed E-state index contributed by atoms with van der Waals surface area (Å²) in [5, 5.41) is 23.5. The fraction of sp³-hybridized carbons (Fsp3) is 0.400. The SMILES string of the molecule is C.C.C.C.C.CC(=O)c1cccc(Cl)c1.Cc1sc(C2OCCO2)cc1Br.Cc1sc(C2OCCO2)cc1C(C)(O)c1cccc(Cl)c1.Cc1sc(C=O)cc1C(C)(O)c1cccc(Cl)c1.[CH2-]CCC.[Li+]. The summed E-state index contributed by atoms with van der Waals surface area (Å²) < 4.78 is 23.0. The van der Waals surface area contributed by atoms with Gasteiger partial charge in [-0.1, -0.05) is 122 Å². The first-order chi connectivity index (χ1) is 30.8. The van der Waals surface area contributed by atoms with Crippen LogP contribution >= 0.6 is 84.7 Å². The van der Waals surface area contributed by atoms with Crippen molar-refractivity contribution in [3.63, 3.8) is 0 Å². The third-order valence-electron chi connectivity index (χ3n) is 9.98. The fourth-order valence-electron chi connectivity index (χ4n) is 6.40. The van der Waals surface area contributed by atoms with E-state index in [1.54, 1.807) is 97.2 Å². The predicted molar refractivity (Wildman–Crippen MR) is 305 cm³/mol. The van der Waals surface area contributed by atoms with Crippen molar-refractivity contribution in [2.75, 3.05) is 26.4 Å². The number of hydrogen-bond donors (Lipinski definition) is 2. The number of aldehydes is 1. The van der Waals surface area contributed by atoms with Crippen molar-refractivity contribution < 1.29 is 57.6 Å². The zero-order valence-electron chi connectivity index (χ0n) is 38.4. The van der Waals surface area contributed by atoms with Crippen molar-refractivity contribution in [2.45, 2.75) is 122 Å². The van der Waals surface area contributed by atoms with E-state index in [9.17, 15) is 19.8 Å². The number of ether oxygens (including phenoxy) is 4. The molecular weight excluding hydrogens is 1080 g/mol. The molecule has 5 heterocycles. The molecule has 0 amide bonds. The van der Waals surface area contributed by atoms with Gasteiger partial charge < -0.3 is 36.1 Å². The van der Waals surface area contributed by atoms with Gasteiger partial charge in [-0.3, -0.25) is 9.59 Å². The Labute approximate surface area is 473 Å². The molecule has 2 atom stereocenters. The molecule has 2 aliphatic rings. The van der Waals surface area contributed by atoms with Gasteiger partial charge in [0.2, 0.25) is 0 Å². The van der Waals surface area contributed by atoms with Crippen molar-refractivity contribution >= 4 is 96.8 Å². The Hall–Kier alpha value is -2.19. The van der Waals surface area contributed by atoms with Crippen molar-refractivity contribution in [1.82, 2.24) is 0 Å². The minimum Gasteiger partial charge on any atom is -0.381 e. The van der Waals surface area contributed by atoms with Crippen molar-refractivity contribution in [1.29, 1.82) is 0 Å². The molecule has 6 aromatic rings. The van der Waals surface area contributed by atoms with Crippen LogP contribution in [0, 0.1) is 27.7 Å². The van der Waals surface area contributed by atoms with Crippen LogP contribution < -0.4 is 18.9 Å². The summed E-state index contributed by atoms with van der Waals surface area (Å²) >= 11 is 25.8. The van der Waals surface area contributed by atoms with Crippen LogP contribution in [0.5, 0.6) is 0 Å². The first-order valence-electron chi connectivity index (χ1n) is 20.7. The van der Waals surface area contributed by atoms with E-state index in [4.69, 9.17) is 53.8 Å². The second-order valence-corrected chi connectivity index (χ2v) is 21.2. The third-order valence-corrected chi connectivity index (χ3v) is 14.9. The second kappa shape index (κ2) is 35.1. The smallest absolute Gasteiger partial charge is 0.381 e. The number of halogens is 4. The molecule has 0 radical (unpaired) electrons. The molecule has 8 nitrogen and oxygen atoms in total. The van der Waals surface area contributed by atoms with Gasteiger partial charge in [0.25, 0.3) is 0 Å². The number of aliphatic hydroxyl groups is 2. The van der Waals surface area contributed by atoms with Gasteiger partial charge in [-0.25, -0.2) is 0 Å². The summed E-state index contributed by atoms with van der Waals surface area (Å²) in [4.78, 5) is 27.5. The van der Waals surface area contributed by atoms with E-state index < -0.39 is 11.2 Å². The van der Waals surface area contributed by atoms with E-state index in [0.717, 1.165) is 53.4 Å². The Morgan fingerprint density at radius 2 is 1.06 bits per heavy atom. The summed E-state index contributed by atoms with van der Waals surface area (Å²) in [5.41, 5.74) is 1.52. The number of thiophene rings is 3. The number of rotatable bonds is 9. The molecule has 16 heteroatoms. The number of carbonyl (C=O) groups is 2. The van der Waals surface area contributed by atoms with Crippen LogP contribution in [-0.2, 0) is 30.1 Å². The Bertz CT molecular complexity index is 2440. The minimum atomic E-state index is -1.15. The molecule has 3 aromatic heterocycles. The first kappa shape index (κ1) is 73.1. The molecule has 0 bridgehead atoms. The summed E-state index contributed by atoms with van der Waals surface area (Å²) in [6, 6.07) is 27.1. The van der Waals surface area contributed by atoms with Gasteiger partial charge in [0.1, 0.15) is 11.2 Å². The van der Waals surface area contributed by atoms with E-state index in [-0.39, 0.29) is 74.4 Å². The molecule has 71 heavy (non-hydrogen) atoms. The molecule has 2 fully saturated rings. The number of benzene rings is 3. The summed E-state index contributed by atoms with van der Waals surface area (Å²) in [5.74, 6) is 0.0440. The van der Waals surface area contributed by atoms with E-state index in [0.29, 0.717) is 57.5 Å². The van der Waals surface area contributed by atoms with Gasteiger partial charge in [-0.05, 0) is 123 Å². The van der Waals surface area contributed by atoms with Crippen LogP contribution in [0.25, 0.3) is 0 Å². The average Bonchev–Trinajstić information content (AvgIpc) is 4.14. The van der Waals surface area contributed by atoms with Gasteiger partial charge in [-0.2, -0.15) is 6.42 Å². The monoisotopic (exact) mass is 1150 g/mol. The fourth-order valence-corrected chi connectivity index (χ4v) is 10.6. The average molecular weight is 1150 g/mol. The van der Waals surface area contributed by atoms with Gasteiger partial charge in [0, 0.05) is 50.9 Å². The maximum atomic E-state index is 11.0. The normalized spacial score (nSPS) is 14.1. The molecule has 2 N–H and O–H groups in total. The van der Waals surface area contributed by atoms with Gasteiger partial charge in [-0.15, -0.1) is 34.0 Å². The number of carbonyl (C=O) groups excluding carboxylic acids is 2. The topological polar surface area (TPSA) is 112 Å². The van der Waals surface area contributed by atoms with Gasteiger partial charge in [0.15, 0.2) is 24.6 Å². The number of hydrogen-bond acceptors (Lipinski definition) is 11. The Morgan fingerprint density at radius 3 is 1.39 bits per heavy atom. The molecular formula is C55H75BrCl3LiO8S3. The molecule has 0 aliphatic carbocycles. The molecule has 2 aliphatic heterocycles. The van der Waals surface area contributed by atoms with Crippen LogP contribution in [0.15, 0.2) is 95.5 Å². The standard InChI is InChI=1S/C16H17ClO3S.C14H13ClO2S.C8H9BrO2S.C8H7ClO.C4H9.5CH4.Li/c1-10-13(9-14(21-10)15-19-6-7-20-15)16(2,18)11-4-3-5-12(17)8-11;1-9-13(7-12(8-16)18-9)14(2,17)10-4-3-5-11(15)6-10;1-5-6(9)4-7(12-5)8-10-2-3-11-8;1-6(10)7-3-2-4-8(9)5-7;1-3-4-2;;;;;;/h3-5,8-9,15,18H,6-7H2,1-2H3;3-8,17H,1-2H3;4,8H,2-3H2,1H3;2-5H,1H3;1,3-4H2,2H3;5*1H4;/q;;;;-1;;;;;;+1. The summed E-state index contributed by atoms with van der Waals surface area (Å²) in [6.45, 7) is 19.3. The van der Waals surface area contributed by atoms with Crippen LogP contribution in [0.1, 0.15) is 157 Å². The first-order valence-corrected chi connectivity index (χ1v) is 25.1. The minimum absolute atomic E-state index is 0. The van der Waals surface area contributed by atoms with Crippen molar-refractivity contribution in [3.05, 3.63) is 175 Å².